The number of allylic oxidation sites excluding steroid dienone is 3. The van der Waals surface area contributed by atoms with Gasteiger partial charge in [0.25, 0.3) is 0 Å². The van der Waals surface area contributed by atoms with Gasteiger partial charge in [0, 0.05) is 25.2 Å². The molecule has 158 valence electrons. The molecule has 0 fully saturated rings. The van der Waals surface area contributed by atoms with Gasteiger partial charge in [0.1, 0.15) is 0 Å². The normalized spacial score (nSPS) is 16.7. The average molecular weight is 387 g/mol. The summed E-state index contributed by atoms with van der Waals surface area (Å²) in [5, 5.41) is 0. The summed E-state index contributed by atoms with van der Waals surface area (Å²) >= 11 is 0. The molecule has 28 heavy (non-hydrogen) atoms. The van der Waals surface area contributed by atoms with E-state index < -0.39 is 5.66 Å². The molecule has 0 saturated heterocycles. The molecule has 0 spiro atoms. The number of nitrogens with two attached hydrogens (primary N) is 3. The van der Waals surface area contributed by atoms with Crippen molar-refractivity contribution in [1.29, 1.82) is 0 Å². The first-order valence-corrected chi connectivity index (χ1v) is 10.8. The van der Waals surface area contributed by atoms with Crippen LogP contribution >= 0.6 is 0 Å². The lowest BCUT2D eigenvalue weighted by Crippen LogP contribution is -2.58. The van der Waals surface area contributed by atoms with E-state index in [1.807, 2.05) is 13.0 Å². The first-order chi connectivity index (χ1) is 13.4. The first-order valence-electron chi connectivity index (χ1n) is 10.8. The molecular formula is C24H42N4. The summed E-state index contributed by atoms with van der Waals surface area (Å²) in [5.41, 5.74) is 20.2. The lowest BCUT2D eigenvalue weighted by Gasteiger charge is -2.43. The van der Waals surface area contributed by atoms with Gasteiger partial charge in [0.05, 0.1) is 5.66 Å². The Bertz CT molecular complexity index is 584. The molecule has 0 heterocycles. The average Bonchev–Trinajstić information content (AvgIpc) is 2.70. The van der Waals surface area contributed by atoms with Crippen LogP contribution in [0.15, 0.2) is 54.6 Å². The van der Waals surface area contributed by atoms with Crippen LogP contribution in [0.1, 0.15) is 64.9 Å². The highest BCUT2D eigenvalue weighted by Gasteiger charge is 2.34. The van der Waals surface area contributed by atoms with Crippen LogP contribution in [-0.4, -0.2) is 29.2 Å². The summed E-state index contributed by atoms with van der Waals surface area (Å²) in [4.78, 5) is 2.40. The monoisotopic (exact) mass is 386 g/mol. The Morgan fingerprint density at radius 2 is 1.61 bits per heavy atom. The van der Waals surface area contributed by atoms with Gasteiger partial charge in [-0.2, -0.15) is 0 Å². The molecule has 0 aromatic heterocycles. The highest BCUT2D eigenvalue weighted by atomic mass is 15.3. The maximum atomic E-state index is 7.05. The van der Waals surface area contributed by atoms with Crippen molar-refractivity contribution in [3.63, 3.8) is 0 Å². The van der Waals surface area contributed by atoms with E-state index in [1.54, 1.807) is 0 Å². The van der Waals surface area contributed by atoms with E-state index in [1.165, 1.54) is 5.56 Å². The van der Waals surface area contributed by atoms with E-state index in [9.17, 15) is 0 Å². The van der Waals surface area contributed by atoms with E-state index >= 15 is 0 Å². The van der Waals surface area contributed by atoms with E-state index in [2.05, 4.69) is 67.3 Å². The van der Waals surface area contributed by atoms with E-state index in [4.69, 9.17) is 17.2 Å². The molecule has 2 unspecified atom stereocenters. The van der Waals surface area contributed by atoms with Gasteiger partial charge in [-0.05, 0) is 38.2 Å². The highest BCUT2D eigenvalue weighted by molar-refractivity contribution is 5.15. The van der Waals surface area contributed by atoms with Crippen LogP contribution in [0.25, 0.3) is 0 Å². The second-order valence-corrected chi connectivity index (χ2v) is 7.99. The highest BCUT2D eigenvalue weighted by Crippen LogP contribution is 2.28. The zero-order chi connectivity index (χ0) is 20.9. The van der Waals surface area contributed by atoms with Crippen molar-refractivity contribution in [2.75, 3.05) is 13.1 Å². The van der Waals surface area contributed by atoms with E-state index in [0.717, 1.165) is 51.6 Å². The van der Waals surface area contributed by atoms with Gasteiger partial charge in [-0.25, -0.2) is 0 Å². The molecule has 1 aromatic carbocycles. The van der Waals surface area contributed by atoms with Crippen LogP contribution in [0.4, 0.5) is 0 Å². The largest absolute Gasteiger partial charge is 0.329 e. The second-order valence-electron chi connectivity index (χ2n) is 7.99. The number of nitrogens with zero attached hydrogens (tertiary/aromatic N) is 1. The number of rotatable bonds is 14. The Kier molecular flexibility index (Phi) is 11.3. The zero-order valence-corrected chi connectivity index (χ0v) is 18.2. The maximum Gasteiger partial charge on any atom is 0.0693 e. The summed E-state index contributed by atoms with van der Waals surface area (Å²) in [6.07, 6.45) is 14.0. The summed E-state index contributed by atoms with van der Waals surface area (Å²) < 4.78 is 0. The van der Waals surface area contributed by atoms with Gasteiger partial charge in [-0.15, -0.1) is 0 Å². The molecule has 0 aliphatic heterocycles. The zero-order valence-electron chi connectivity index (χ0n) is 18.2. The molecule has 0 bridgehead atoms. The van der Waals surface area contributed by atoms with Gasteiger partial charge in [-0.1, -0.05) is 81.3 Å². The van der Waals surface area contributed by atoms with Crippen LogP contribution in [0.3, 0.4) is 0 Å². The Balaban J connectivity index is 3.04. The summed E-state index contributed by atoms with van der Waals surface area (Å²) in [6, 6.07) is 10.6. The van der Waals surface area contributed by atoms with Gasteiger partial charge < -0.3 is 17.2 Å². The van der Waals surface area contributed by atoms with Crippen LogP contribution < -0.4 is 17.2 Å². The van der Waals surface area contributed by atoms with Gasteiger partial charge in [0.2, 0.25) is 0 Å². The standard InChI is InChI=1S/C24H42N4/c1-4-7-8-12-19-28(20-22-13-10-9-11-14-22)24(27,16-6-3)18-17-23(26,21-25)15-5-2/h4,7-14H,5-6,15-21,25-27H2,1-3H3/b7-4-,12-8+. The smallest absolute Gasteiger partial charge is 0.0693 e. The van der Waals surface area contributed by atoms with E-state index in [-0.39, 0.29) is 5.54 Å². The fourth-order valence-electron chi connectivity index (χ4n) is 3.75. The Labute approximate surface area is 172 Å². The third kappa shape index (κ3) is 8.27. The molecule has 4 nitrogen and oxygen atoms in total. The fraction of sp³-hybridized carbons (Fsp3) is 0.583. The van der Waals surface area contributed by atoms with E-state index in [0.29, 0.717) is 6.54 Å². The predicted molar refractivity (Wildman–Crippen MR) is 123 cm³/mol. The minimum atomic E-state index is -0.404. The van der Waals surface area contributed by atoms with Crippen LogP contribution in [0, 0.1) is 0 Å². The predicted octanol–water partition coefficient (Wildman–Crippen LogP) is 4.31. The van der Waals surface area contributed by atoms with Crippen molar-refractivity contribution in [1.82, 2.24) is 4.90 Å². The quantitative estimate of drug-likeness (QED) is 0.329. The van der Waals surface area contributed by atoms with Crippen molar-refractivity contribution in [3.05, 3.63) is 60.2 Å². The molecule has 0 aliphatic carbocycles. The Morgan fingerprint density at radius 1 is 0.929 bits per heavy atom. The van der Waals surface area contributed by atoms with Crippen molar-refractivity contribution in [3.8, 4) is 0 Å². The van der Waals surface area contributed by atoms with Crippen molar-refractivity contribution in [2.24, 2.45) is 17.2 Å². The Hall–Kier alpha value is -1.46. The van der Waals surface area contributed by atoms with Crippen molar-refractivity contribution in [2.45, 2.75) is 77.0 Å². The maximum absolute atomic E-state index is 7.05. The molecule has 1 aromatic rings. The summed E-state index contributed by atoms with van der Waals surface area (Å²) in [7, 11) is 0. The SMILES string of the molecule is C/C=C\C=C\CN(Cc1ccccc1)C(N)(CCC)CCC(N)(CN)CCC. The topological polar surface area (TPSA) is 81.3 Å². The minimum Gasteiger partial charge on any atom is -0.329 e. The van der Waals surface area contributed by atoms with Crippen LogP contribution in [0.5, 0.6) is 0 Å². The molecule has 0 amide bonds. The van der Waals surface area contributed by atoms with Gasteiger partial charge in [0.15, 0.2) is 0 Å². The van der Waals surface area contributed by atoms with Crippen LogP contribution in [0.2, 0.25) is 0 Å². The fourth-order valence-corrected chi connectivity index (χ4v) is 3.75. The van der Waals surface area contributed by atoms with Gasteiger partial charge in [-0.3, -0.25) is 4.90 Å². The molecule has 0 saturated carbocycles. The second kappa shape index (κ2) is 12.9. The molecule has 0 aliphatic rings. The molecule has 2 atom stereocenters. The van der Waals surface area contributed by atoms with Crippen molar-refractivity contribution >= 4 is 0 Å². The van der Waals surface area contributed by atoms with Gasteiger partial charge >= 0.3 is 0 Å². The minimum absolute atomic E-state index is 0.327. The molecule has 1 rings (SSSR count). The third-order valence-corrected chi connectivity index (χ3v) is 5.50. The molecule has 0 radical (unpaired) electrons. The lowest BCUT2D eigenvalue weighted by molar-refractivity contribution is 0.0683. The number of hydrogen-bond donors (Lipinski definition) is 3. The Morgan fingerprint density at radius 3 is 2.18 bits per heavy atom. The molecule has 6 N–H and O–H groups in total. The lowest BCUT2D eigenvalue weighted by atomic mass is 9.84. The first kappa shape index (κ1) is 24.6. The van der Waals surface area contributed by atoms with Crippen molar-refractivity contribution < 1.29 is 0 Å². The number of hydrogen-bond acceptors (Lipinski definition) is 4. The molecular weight excluding hydrogens is 344 g/mol. The summed E-state index contributed by atoms with van der Waals surface area (Å²) in [5.74, 6) is 0. The summed E-state index contributed by atoms with van der Waals surface area (Å²) in [6.45, 7) is 8.52. The third-order valence-electron chi connectivity index (χ3n) is 5.50. The number of benzene rings is 1. The molecule has 4 heteroatoms. The van der Waals surface area contributed by atoms with Crippen LogP contribution in [-0.2, 0) is 6.54 Å².